The van der Waals surface area contributed by atoms with E-state index >= 15 is 0 Å². The van der Waals surface area contributed by atoms with Gasteiger partial charge in [0.05, 0.1) is 17.7 Å². The van der Waals surface area contributed by atoms with E-state index in [9.17, 15) is 27.9 Å². The van der Waals surface area contributed by atoms with Crippen molar-refractivity contribution >= 4 is 11.9 Å². The number of aromatic carboxylic acids is 1. The van der Waals surface area contributed by atoms with Crippen LogP contribution in [0, 0.1) is 0 Å². The van der Waals surface area contributed by atoms with Gasteiger partial charge in [0.15, 0.2) is 6.10 Å². The molecule has 278 valence electrons. The molecular formula is C43H49F3O6. The van der Waals surface area contributed by atoms with Crippen LogP contribution in [0.25, 0.3) is 33.4 Å². The van der Waals surface area contributed by atoms with Crippen LogP contribution in [0.3, 0.4) is 0 Å². The van der Waals surface area contributed by atoms with Crippen molar-refractivity contribution < 1.29 is 42.1 Å². The number of carbonyl (C=O) groups excluding carboxylic acids is 1. The van der Waals surface area contributed by atoms with Crippen molar-refractivity contribution in [2.45, 2.75) is 90.3 Å². The van der Waals surface area contributed by atoms with E-state index in [0.29, 0.717) is 66.2 Å². The van der Waals surface area contributed by atoms with Crippen LogP contribution >= 0.6 is 0 Å². The highest BCUT2D eigenvalue weighted by molar-refractivity contribution is 6.00. The fraction of sp³-hybridized carbons (Fsp3) is 0.395. The van der Waals surface area contributed by atoms with E-state index in [1.807, 2.05) is 31.2 Å². The largest absolute Gasteiger partial charge is 0.494 e. The third-order valence-electron chi connectivity index (χ3n) is 8.91. The molecule has 0 aromatic heterocycles. The van der Waals surface area contributed by atoms with Crippen molar-refractivity contribution in [3.8, 4) is 39.1 Å². The van der Waals surface area contributed by atoms with Gasteiger partial charge in [-0.3, -0.25) is 0 Å². The van der Waals surface area contributed by atoms with Gasteiger partial charge in [0.2, 0.25) is 0 Å². The Bertz CT molecular complexity index is 1700. The summed E-state index contributed by atoms with van der Waals surface area (Å²) in [6, 6.07) is 25.9. The van der Waals surface area contributed by atoms with Crippen molar-refractivity contribution in [3.05, 3.63) is 102 Å². The fourth-order valence-corrected chi connectivity index (χ4v) is 6.06. The number of alkyl halides is 3. The average molecular weight is 719 g/mol. The molecule has 1 unspecified atom stereocenters. The van der Waals surface area contributed by atoms with Crippen LogP contribution in [0.2, 0.25) is 0 Å². The summed E-state index contributed by atoms with van der Waals surface area (Å²) in [5.41, 5.74) is 3.39. The topological polar surface area (TPSA) is 82.1 Å². The molecule has 1 atom stereocenters. The van der Waals surface area contributed by atoms with Gasteiger partial charge in [0.1, 0.15) is 5.75 Å². The number of rotatable bonds is 21. The molecule has 1 N–H and O–H groups in total. The molecule has 0 aliphatic rings. The number of carboxylic acid groups (broad SMARTS) is 1. The number of unbranched alkanes of at least 4 members (excludes halogenated alkanes) is 7. The molecule has 0 saturated carbocycles. The molecule has 0 fully saturated rings. The van der Waals surface area contributed by atoms with Gasteiger partial charge in [-0.25, -0.2) is 9.59 Å². The Balaban J connectivity index is 1.65. The van der Waals surface area contributed by atoms with Crippen molar-refractivity contribution in [1.29, 1.82) is 0 Å². The quantitative estimate of drug-likeness (QED) is 0.0682. The first-order chi connectivity index (χ1) is 25.1. The third kappa shape index (κ3) is 12.0. The smallest absolute Gasteiger partial charge is 0.425 e. The molecule has 0 radical (unpaired) electrons. The van der Waals surface area contributed by atoms with Crippen LogP contribution in [0.4, 0.5) is 13.2 Å². The average Bonchev–Trinajstić information content (AvgIpc) is 3.15. The molecule has 4 aromatic carbocycles. The lowest BCUT2D eigenvalue weighted by Crippen LogP contribution is -2.34. The molecule has 0 saturated heterocycles. The molecule has 0 amide bonds. The number of hydrogen-bond donors (Lipinski definition) is 1. The standard InChI is InChI=1S/C43H49F3O6/c1-3-5-6-7-8-15-28-51-35-23-19-32(20-24-35)36-26-22-34(41(47)48)30-38(36)33-21-25-37(31-16-11-9-12-17-31)39(29-33)42(49)52-40(43(44,45)46)18-13-10-14-27-50-4-2/h9,11-12,16-17,19-26,29-30,40H,3-8,10,13-15,18,27-28H2,1-2H3,(H,47,48). The number of esters is 1. The Labute approximate surface area is 304 Å². The predicted octanol–water partition coefficient (Wildman–Crippen LogP) is 11.8. The fourth-order valence-electron chi connectivity index (χ4n) is 6.06. The molecule has 0 bridgehead atoms. The maximum absolute atomic E-state index is 14.2. The van der Waals surface area contributed by atoms with Gasteiger partial charge in [-0.1, -0.05) is 106 Å². The van der Waals surface area contributed by atoms with Crippen LogP contribution in [-0.2, 0) is 9.47 Å². The minimum Gasteiger partial charge on any atom is -0.494 e. The van der Waals surface area contributed by atoms with Gasteiger partial charge >= 0.3 is 18.1 Å². The summed E-state index contributed by atoms with van der Waals surface area (Å²) in [6.07, 6.45) is 0.865. The van der Waals surface area contributed by atoms with Gasteiger partial charge in [-0.15, -0.1) is 0 Å². The number of hydrogen-bond acceptors (Lipinski definition) is 5. The minimum atomic E-state index is -4.76. The second kappa shape index (κ2) is 20.4. The zero-order valence-corrected chi connectivity index (χ0v) is 30.1. The molecule has 9 heteroatoms. The van der Waals surface area contributed by atoms with Gasteiger partial charge in [-0.2, -0.15) is 13.2 Å². The Morgan fingerprint density at radius 2 is 1.31 bits per heavy atom. The predicted molar refractivity (Wildman–Crippen MR) is 199 cm³/mol. The molecule has 4 rings (SSSR count). The molecule has 52 heavy (non-hydrogen) atoms. The highest BCUT2D eigenvalue weighted by Gasteiger charge is 2.42. The van der Waals surface area contributed by atoms with E-state index in [2.05, 4.69) is 6.92 Å². The SMILES string of the molecule is CCCCCCCCOc1ccc(-c2ccc(C(=O)O)cc2-c2ccc(-c3ccccc3)c(C(=O)OC(CCCCCOCC)C(F)(F)F)c2)cc1. The second-order valence-electron chi connectivity index (χ2n) is 12.8. The number of halogens is 3. The lowest BCUT2D eigenvalue weighted by molar-refractivity contribution is -0.206. The maximum Gasteiger partial charge on any atom is 0.425 e. The Kier molecular flexibility index (Phi) is 15.8. The van der Waals surface area contributed by atoms with Crippen LogP contribution in [0.15, 0.2) is 91.0 Å². The van der Waals surface area contributed by atoms with E-state index in [1.165, 1.54) is 43.9 Å². The molecule has 0 aliphatic carbocycles. The van der Waals surface area contributed by atoms with Crippen LogP contribution in [0.5, 0.6) is 5.75 Å². The molecule has 0 aliphatic heterocycles. The monoisotopic (exact) mass is 718 g/mol. The van der Waals surface area contributed by atoms with E-state index in [0.717, 1.165) is 18.4 Å². The summed E-state index contributed by atoms with van der Waals surface area (Å²) in [5.74, 6) is -1.53. The normalized spacial score (nSPS) is 12.0. The summed E-state index contributed by atoms with van der Waals surface area (Å²) in [6.45, 7) is 5.65. The van der Waals surface area contributed by atoms with E-state index in [-0.39, 0.29) is 24.0 Å². The number of ether oxygens (including phenoxy) is 3. The lowest BCUT2D eigenvalue weighted by Gasteiger charge is -2.22. The number of benzene rings is 4. The summed E-state index contributed by atoms with van der Waals surface area (Å²) >= 11 is 0. The summed E-state index contributed by atoms with van der Waals surface area (Å²) in [4.78, 5) is 25.8. The van der Waals surface area contributed by atoms with Gasteiger partial charge in [0.25, 0.3) is 0 Å². The maximum atomic E-state index is 14.2. The molecule has 0 spiro atoms. The van der Waals surface area contributed by atoms with Crippen molar-refractivity contribution in [1.82, 2.24) is 0 Å². The van der Waals surface area contributed by atoms with Crippen LogP contribution < -0.4 is 4.74 Å². The summed E-state index contributed by atoms with van der Waals surface area (Å²) < 4.78 is 58.9. The highest BCUT2D eigenvalue weighted by Crippen LogP contribution is 2.37. The van der Waals surface area contributed by atoms with E-state index in [1.54, 1.807) is 48.5 Å². The first-order valence-electron chi connectivity index (χ1n) is 18.3. The molecule has 6 nitrogen and oxygen atoms in total. The Hall–Kier alpha value is -4.63. The summed E-state index contributed by atoms with van der Waals surface area (Å²) in [5, 5.41) is 9.86. The van der Waals surface area contributed by atoms with Crippen molar-refractivity contribution in [3.63, 3.8) is 0 Å². The van der Waals surface area contributed by atoms with Crippen molar-refractivity contribution in [2.24, 2.45) is 0 Å². The number of carbonyl (C=O) groups is 2. The lowest BCUT2D eigenvalue weighted by atomic mass is 9.89. The third-order valence-corrected chi connectivity index (χ3v) is 8.91. The zero-order valence-electron chi connectivity index (χ0n) is 30.1. The minimum absolute atomic E-state index is 0.0235. The van der Waals surface area contributed by atoms with E-state index < -0.39 is 24.2 Å². The Morgan fingerprint density at radius 1 is 0.673 bits per heavy atom. The zero-order chi connectivity index (χ0) is 37.3. The second-order valence-corrected chi connectivity index (χ2v) is 12.8. The highest BCUT2D eigenvalue weighted by atomic mass is 19.4. The molecular weight excluding hydrogens is 669 g/mol. The number of carboxylic acids is 1. The van der Waals surface area contributed by atoms with Gasteiger partial charge < -0.3 is 19.3 Å². The summed E-state index contributed by atoms with van der Waals surface area (Å²) in [7, 11) is 0. The van der Waals surface area contributed by atoms with Gasteiger partial charge in [-0.05, 0) is 96.3 Å². The van der Waals surface area contributed by atoms with Crippen LogP contribution in [0.1, 0.15) is 98.8 Å². The molecule has 4 aromatic rings. The first-order valence-corrected chi connectivity index (χ1v) is 18.3. The van der Waals surface area contributed by atoms with E-state index in [4.69, 9.17) is 14.2 Å². The van der Waals surface area contributed by atoms with Crippen molar-refractivity contribution in [2.75, 3.05) is 19.8 Å². The first kappa shape index (κ1) is 40.1. The van der Waals surface area contributed by atoms with Crippen LogP contribution in [-0.4, -0.2) is 49.1 Å². The molecule has 0 heterocycles. The Morgan fingerprint density at radius 3 is 2.00 bits per heavy atom. The van der Waals surface area contributed by atoms with Gasteiger partial charge in [0, 0.05) is 13.2 Å².